The number of aliphatic carboxylic acids is 1. The molecule has 1 N–H and O–H groups in total. The number of carbonyl (C=O) groups is 1. The van der Waals surface area contributed by atoms with Gasteiger partial charge in [0.15, 0.2) is 11.4 Å². The molecule has 2 aromatic rings. The van der Waals surface area contributed by atoms with Gasteiger partial charge in [0.25, 0.3) is 0 Å². The van der Waals surface area contributed by atoms with E-state index >= 15 is 0 Å². The van der Waals surface area contributed by atoms with Crippen molar-refractivity contribution in [3.8, 4) is 0 Å². The Morgan fingerprint density at radius 2 is 2.25 bits per heavy atom. The molecule has 20 heavy (non-hydrogen) atoms. The van der Waals surface area contributed by atoms with E-state index < -0.39 is 11.5 Å². The van der Waals surface area contributed by atoms with Gasteiger partial charge < -0.3 is 5.11 Å². The highest BCUT2D eigenvalue weighted by molar-refractivity contribution is 9.10. The molecule has 0 atom stereocenters. The summed E-state index contributed by atoms with van der Waals surface area (Å²) in [7, 11) is 0. The number of hydrogen-bond acceptors (Lipinski definition) is 4. The summed E-state index contributed by atoms with van der Waals surface area (Å²) < 4.78 is 2.46. The van der Waals surface area contributed by atoms with E-state index in [1.165, 1.54) is 4.68 Å². The molecule has 0 bridgehead atoms. The number of hydrogen-bond donors (Lipinski definition) is 1. The predicted molar refractivity (Wildman–Crippen MR) is 74.2 cm³/mol. The van der Waals surface area contributed by atoms with Gasteiger partial charge in [-0.05, 0) is 47.4 Å². The van der Waals surface area contributed by atoms with Gasteiger partial charge in [-0.2, -0.15) is 0 Å². The summed E-state index contributed by atoms with van der Waals surface area (Å²) in [5.74, 6) is -0.267. The number of aromatic nitrogens is 4. The third kappa shape index (κ3) is 2.11. The normalized spacial score (nSPS) is 16.6. The number of benzene rings is 1. The Labute approximate surface area is 123 Å². The summed E-state index contributed by atoms with van der Waals surface area (Å²) in [5.41, 5.74) is 0.0838. The van der Waals surface area contributed by atoms with Crippen LogP contribution < -0.4 is 0 Å². The first-order chi connectivity index (χ1) is 9.62. The molecule has 1 aromatic heterocycles. The summed E-state index contributed by atoms with van der Waals surface area (Å²) in [6, 6.07) is 7.83. The molecule has 1 fully saturated rings. The van der Waals surface area contributed by atoms with Crippen molar-refractivity contribution in [1.29, 1.82) is 0 Å². The van der Waals surface area contributed by atoms with E-state index in [1.54, 1.807) is 0 Å². The Hall–Kier alpha value is -1.76. The van der Waals surface area contributed by atoms with Gasteiger partial charge in [-0.25, -0.2) is 9.48 Å². The van der Waals surface area contributed by atoms with Crippen molar-refractivity contribution in [2.75, 3.05) is 0 Å². The predicted octanol–water partition coefficient (Wildman–Crippen LogP) is 1.99. The summed E-state index contributed by atoms with van der Waals surface area (Å²) in [6.07, 6.45) is 2.57. The molecule has 0 aliphatic heterocycles. The minimum atomic E-state index is -0.954. The highest BCUT2D eigenvalue weighted by Crippen LogP contribution is 2.39. The van der Waals surface area contributed by atoms with Crippen LogP contribution in [0.4, 0.5) is 0 Å². The summed E-state index contributed by atoms with van der Waals surface area (Å²) in [4.78, 5) is 11.5. The minimum Gasteiger partial charge on any atom is -0.479 e. The fraction of sp³-hybridized carbons (Fsp3) is 0.385. The monoisotopic (exact) mass is 336 g/mol. The average molecular weight is 337 g/mol. The van der Waals surface area contributed by atoms with E-state index in [2.05, 4.69) is 31.5 Å². The Morgan fingerprint density at radius 3 is 2.85 bits per heavy atom. The zero-order chi connectivity index (χ0) is 14.2. The van der Waals surface area contributed by atoms with Crippen LogP contribution in [-0.4, -0.2) is 31.3 Å². The third-order valence-corrected chi connectivity index (χ3v) is 4.26. The zero-order valence-electron chi connectivity index (χ0n) is 10.7. The van der Waals surface area contributed by atoms with Crippen LogP contribution in [0.5, 0.6) is 0 Å². The molecule has 1 aromatic carbocycles. The van der Waals surface area contributed by atoms with Crippen LogP contribution in [0.2, 0.25) is 0 Å². The fourth-order valence-corrected chi connectivity index (χ4v) is 2.95. The smallest absolute Gasteiger partial charge is 0.331 e. The molecule has 0 spiro atoms. The molecule has 104 valence electrons. The lowest BCUT2D eigenvalue weighted by Crippen LogP contribution is -2.49. The van der Waals surface area contributed by atoms with Crippen molar-refractivity contribution >= 4 is 21.9 Å². The number of rotatable bonds is 4. The van der Waals surface area contributed by atoms with Gasteiger partial charge >= 0.3 is 5.97 Å². The number of halogens is 1. The summed E-state index contributed by atoms with van der Waals surface area (Å²) in [5, 5.41) is 21.0. The Balaban J connectivity index is 1.93. The Kier molecular flexibility index (Phi) is 3.29. The van der Waals surface area contributed by atoms with Gasteiger partial charge in [0, 0.05) is 10.9 Å². The van der Waals surface area contributed by atoms with Gasteiger partial charge in [0.2, 0.25) is 0 Å². The van der Waals surface area contributed by atoms with Crippen LogP contribution in [0, 0.1) is 0 Å². The number of carboxylic acids is 1. The van der Waals surface area contributed by atoms with Crippen LogP contribution in [0.3, 0.4) is 0 Å². The molecule has 1 heterocycles. The molecule has 0 saturated heterocycles. The van der Waals surface area contributed by atoms with Crippen LogP contribution in [-0.2, 0) is 16.8 Å². The molecule has 7 heteroatoms. The number of nitrogens with zero attached hydrogens (tertiary/aromatic N) is 4. The maximum atomic E-state index is 11.5. The molecule has 6 nitrogen and oxygen atoms in total. The largest absolute Gasteiger partial charge is 0.479 e. The standard InChI is InChI=1S/C13H13BrN4O2/c14-10-4-1-3-9(7-10)8-11-15-16-17-18(11)13(12(19)20)5-2-6-13/h1,3-4,7H,2,5-6,8H2,(H,19,20). The van der Waals surface area contributed by atoms with Crippen LogP contribution in [0.15, 0.2) is 28.7 Å². The molecule has 1 aliphatic rings. The van der Waals surface area contributed by atoms with Crippen LogP contribution >= 0.6 is 15.9 Å². The van der Waals surface area contributed by atoms with Gasteiger partial charge in [0.05, 0.1) is 0 Å². The van der Waals surface area contributed by atoms with E-state index in [-0.39, 0.29) is 0 Å². The Bertz CT molecular complexity index is 651. The third-order valence-electron chi connectivity index (χ3n) is 3.77. The molecule has 0 amide bonds. The SMILES string of the molecule is O=C(O)C1(n2nnnc2Cc2cccc(Br)c2)CCC1. The number of tetrazole rings is 1. The number of carboxylic acid groups (broad SMARTS) is 1. The maximum Gasteiger partial charge on any atom is 0.331 e. The first-order valence-electron chi connectivity index (χ1n) is 6.37. The van der Waals surface area contributed by atoms with Crippen molar-refractivity contribution in [3.63, 3.8) is 0 Å². The van der Waals surface area contributed by atoms with Crippen molar-refractivity contribution in [2.24, 2.45) is 0 Å². The molecular formula is C13H13BrN4O2. The highest BCUT2D eigenvalue weighted by Gasteiger charge is 2.48. The maximum absolute atomic E-state index is 11.5. The Morgan fingerprint density at radius 1 is 1.45 bits per heavy atom. The lowest BCUT2D eigenvalue weighted by atomic mass is 9.77. The van der Waals surface area contributed by atoms with Crippen molar-refractivity contribution in [1.82, 2.24) is 20.2 Å². The fourth-order valence-electron chi connectivity index (χ4n) is 2.51. The quantitative estimate of drug-likeness (QED) is 0.923. The van der Waals surface area contributed by atoms with Crippen molar-refractivity contribution in [3.05, 3.63) is 40.1 Å². The van der Waals surface area contributed by atoms with E-state index in [9.17, 15) is 9.90 Å². The van der Waals surface area contributed by atoms with Gasteiger partial charge in [-0.3, -0.25) is 0 Å². The highest BCUT2D eigenvalue weighted by atomic mass is 79.9. The molecule has 0 unspecified atom stereocenters. The van der Waals surface area contributed by atoms with E-state index in [4.69, 9.17) is 0 Å². The van der Waals surface area contributed by atoms with Crippen molar-refractivity contribution < 1.29 is 9.90 Å². The molecule has 3 rings (SSSR count). The van der Waals surface area contributed by atoms with E-state index in [0.717, 1.165) is 16.5 Å². The van der Waals surface area contributed by atoms with Gasteiger partial charge in [-0.15, -0.1) is 5.10 Å². The summed E-state index contributed by atoms with van der Waals surface area (Å²) >= 11 is 3.42. The minimum absolute atomic E-state index is 0.515. The second-order valence-electron chi connectivity index (χ2n) is 5.00. The lowest BCUT2D eigenvalue weighted by Gasteiger charge is -2.37. The molecular weight excluding hydrogens is 324 g/mol. The lowest BCUT2D eigenvalue weighted by molar-refractivity contribution is -0.153. The van der Waals surface area contributed by atoms with Gasteiger partial charge in [0.1, 0.15) is 0 Å². The first-order valence-corrected chi connectivity index (χ1v) is 7.17. The van der Waals surface area contributed by atoms with E-state index in [0.29, 0.717) is 25.1 Å². The average Bonchev–Trinajstić information content (AvgIpc) is 2.76. The molecule has 1 saturated carbocycles. The second kappa shape index (κ2) is 4.97. The second-order valence-corrected chi connectivity index (χ2v) is 5.92. The molecule has 0 radical (unpaired) electrons. The zero-order valence-corrected chi connectivity index (χ0v) is 12.2. The van der Waals surface area contributed by atoms with E-state index in [1.807, 2.05) is 24.3 Å². The molecule has 1 aliphatic carbocycles. The van der Waals surface area contributed by atoms with Crippen LogP contribution in [0.1, 0.15) is 30.7 Å². The first kappa shape index (κ1) is 13.2. The van der Waals surface area contributed by atoms with Crippen LogP contribution in [0.25, 0.3) is 0 Å². The topological polar surface area (TPSA) is 80.9 Å². The summed E-state index contributed by atoms with van der Waals surface area (Å²) in [6.45, 7) is 0. The van der Waals surface area contributed by atoms with Crippen molar-refractivity contribution in [2.45, 2.75) is 31.2 Å². The van der Waals surface area contributed by atoms with Gasteiger partial charge in [-0.1, -0.05) is 28.1 Å².